The Hall–Kier alpha value is -2.58. The van der Waals surface area contributed by atoms with E-state index in [1.54, 1.807) is 0 Å². The zero-order chi connectivity index (χ0) is 19.6. The topological polar surface area (TPSA) is 88.0 Å². The molecule has 26 heavy (non-hydrogen) atoms. The van der Waals surface area contributed by atoms with Crippen LogP contribution in [0.3, 0.4) is 0 Å². The molecule has 0 radical (unpaired) electrons. The van der Waals surface area contributed by atoms with Gasteiger partial charge >= 0.3 is 11.9 Å². The second-order valence-electron chi connectivity index (χ2n) is 7.44. The molecule has 1 atom stereocenters. The number of nitrogens with zero attached hydrogens (tertiary/aromatic N) is 1. The largest absolute Gasteiger partial charge is 0.417 e. The van der Waals surface area contributed by atoms with E-state index in [0.717, 1.165) is 6.92 Å². The third-order valence-electron chi connectivity index (χ3n) is 4.83. The van der Waals surface area contributed by atoms with Crippen LogP contribution < -0.4 is 10.9 Å². The molecule has 140 valence electrons. The summed E-state index contributed by atoms with van der Waals surface area (Å²) in [5, 5.41) is 14.4. The van der Waals surface area contributed by atoms with Crippen molar-refractivity contribution in [3.05, 3.63) is 43.2 Å². The second kappa shape index (κ2) is 5.46. The van der Waals surface area contributed by atoms with E-state index in [2.05, 4.69) is 10.3 Å². The molecule has 2 N–H and O–H groups in total. The normalized spacial score (nSPS) is 19.1. The summed E-state index contributed by atoms with van der Waals surface area (Å²) >= 11 is 0. The van der Waals surface area contributed by atoms with Gasteiger partial charge in [0.15, 0.2) is 0 Å². The van der Waals surface area contributed by atoms with E-state index in [-0.39, 0.29) is 17.0 Å². The SMILES string of the molecule is Cc1c(C(F)(F)F)c2cc3c(c([N+](=O)[O-])c2[nH]c1=O)NC(C)(C)CC3C. The van der Waals surface area contributed by atoms with Crippen LogP contribution >= 0.6 is 0 Å². The second-order valence-corrected chi connectivity index (χ2v) is 7.44. The third-order valence-corrected chi connectivity index (χ3v) is 4.83. The highest BCUT2D eigenvalue weighted by Crippen LogP contribution is 2.48. The molecule has 0 spiro atoms. The maximum Gasteiger partial charge on any atom is 0.417 e. The van der Waals surface area contributed by atoms with Gasteiger partial charge in [-0.3, -0.25) is 14.9 Å². The predicted octanol–water partition coefficient (Wildman–Crippen LogP) is 4.46. The third kappa shape index (κ3) is 2.71. The van der Waals surface area contributed by atoms with Crippen LogP contribution in [-0.4, -0.2) is 15.4 Å². The van der Waals surface area contributed by atoms with Gasteiger partial charge in [-0.25, -0.2) is 0 Å². The van der Waals surface area contributed by atoms with Crippen LogP contribution in [0.1, 0.15) is 49.8 Å². The lowest BCUT2D eigenvalue weighted by Crippen LogP contribution is -2.37. The number of anilines is 1. The Bertz CT molecular complexity index is 993. The molecule has 1 aromatic carbocycles. The highest BCUT2D eigenvalue weighted by atomic mass is 19.4. The number of aromatic amines is 1. The Kier molecular flexibility index (Phi) is 3.82. The lowest BCUT2D eigenvalue weighted by molar-refractivity contribution is -0.382. The molecule has 0 amide bonds. The molecule has 0 saturated carbocycles. The van der Waals surface area contributed by atoms with Crippen molar-refractivity contribution in [1.82, 2.24) is 4.98 Å². The molecule has 6 nitrogen and oxygen atoms in total. The summed E-state index contributed by atoms with van der Waals surface area (Å²) in [6.45, 7) is 6.61. The van der Waals surface area contributed by atoms with Crippen LogP contribution in [0.5, 0.6) is 0 Å². The van der Waals surface area contributed by atoms with E-state index in [0.29, 0.717) is 12.0 Å². The first-order chi connectivity index (χ1) is 11.8. The Morgan fingerprint density at radius 3 is 2.50 bits per heavy atom. The number of aromatic nitrogens is 1. The van der Waals surface area contributed by atoms with Crippen molar-refractivity contribution in [3.8, 4) is 0 Å². The first-order valence-electron chi connectivity index (χ1n) is 8.07. The van der Waals surface area contributed by atoms with E-state index in [1.807, 2.05) is 20.8 Å². The molecule has 2 aromatic rings. The fourth-order valence-electron chi connectivity index (χ4n) is 3.87. The first-order valence-corrected chi connectivity index (χ1v) is 8.07. The van der Waals surface area contributed by atoms with E-state index in [4.69, 9.17) is 0 Å². The lowest BCUT2D eigenvalue weighted by atomic mass is 9.80. The van der Waals surface area contributed by atoms with Crippen molar-refractivity contribution in [2.45, 2.75) is 51.7 Å². The standard InChI is InChI=1S/C17H18F3N3O3/c1-7-6-16(3,4)22-13-9(7)5-10-11(17(18,19)20)8(2)15(24)21-12(10)14(13)23(25)26/h5,7,22H,6H2,1-4H3,(H,21,24). The van der Waals surface area contributed by atoms with Crippen molar-refractivity contribution in [2.75, 3.05) is 5.32 Å². The Morgan fingerprint density at radius 1 is 1.35 bits per heavy atom. The van der Waals surface area contributed by atoms with Crippen LogP contribution in [0.15, 0.2) is 10.9 Å². The van der Waals surface area contributed by atoms with Gasteiger partial charge in [-0.05, 0) is 44.7 Å². The maximum absolute atomic E-state index is 13.6. The average molecular weight is 369 g/mol. The van der Waals surface area contributed by atoms with Gasteiger partial charge in [0.2, 0.25) is 0 Å². The molecule has 0 saturated heterocycles. The van der Waals surface area contributed by atoms with Gasteiger partial charge in [-0.15, -0.1) is 0 Å². The van der Waals surface area contributed by atoms with Crippen LogP contribution in [0.25, 0.3) is 10.9 Å². The number of H-pyrrole nitrogens is 1. The van der Waals surface area contributed by atoms with Crippen molar-refractivity contribution >= 4 is 22.3 Å². The van der Waals surface area contributed by atoms with Crippen LogP contribution in [-0.2, 0) is 6.18 Å². The first kappa shape index (κ1) is 18.2. The molecule has 9 heteroatoms. The zero-order valence-electron chi connectivity index (χ0n) is 14.7. The van der Waals surface area contributed by atoms with Gasteiger partial charge in [0.05, 0.1) is 10.5 Å². The van der Waals surface area contributed by atoms with Crippen molar-refractivity contribution in [2.24, 2.45) is 0 Å². The van der Waals surface area contributed by atoms with E-state index < -0.39 is 44.5 Å². The van der Waals surface area contributed by atoms with Gasteiger partial charge in [0, 0.05) is 16.5 Å². The fraction of sp³-hybridized carbons (Fsp3) is 0.471. The van der Waals surface area contributed by atoms with Crippen LogP contribution in [0.4, 0.5) is 24.5 Å². The summed E-state index contributed by atoms with van der Waals surface area (Å²) in [7, 11) is 0. The maximum atomic E-state index is 13.6. The van der Waals surface area contributed by atoms with E-state index in [1.165, 1.54) is 6.07 Å². The Morgan fingerprint density at radius 2 is 1.96 bits per heavy atom. The molecule has 1 unspecified atom stereocenters. The molecule has 2 heterocycles. The predicted molar refractivity (Wildman–Crippen MR) is 91.7 cm³/mol. The number of hydrogen-bond acceptors (Lipinski definition) is 4. The summed E-state index contributed by atoms with van der Waals surface area (Å²) in [6.07, 6.45) is -4.20. The van der Waals surface area contributed by atoms with Gasteiger partial charge in [-0.1, -0.05) is 6.92 Å². The monoisotopic (exact) mass is 369 g/mol. The van der Waals surface area contributed by atoms with Crippen molar-refractivity contribution in [1.29, 1.82) is 0 Å². The smallest absolute Gasteiger partial charge is 0.374 e. The number of hydrogen-bond donors (Lipinski definition) is 2. The van der Waals surface area contributed by atoms with Gasteiger partial charge < -0.3 is 10.3 Å². The van der Waals surface area contributed by atoms with E-state index in [9.17, 15) is 28.1 Å². The summed E-state index contributed by atoms with van der Waals surface area (Å²) in [5.74, 6) is -0.183. The number of alkyl halides is 3. The zero-order valence-corrected chi connectivity index (χ0v) is 14.7. The number of benzene rings is 1. The molecule has 1 aromatic heterocycles. The van der Waals surface area contributed by atoms with E-state index >= 15 is 0 Å². The summed E-state index contributed by atoms with van der Waals surface area (Å²) in [4.78, 5) is 25.3. The van der Waals surface area contributed by atoms with Crippen molar-refractivity contribution in [3.63, 3.8) is 0 Å². The van der Waals surface area contributed by atoms with Crippen LogP contribution in [0, 0.1) is 17.0 Å². The van der Waals surface area contributed by atoms with Crippen molar-refractivity contribution < 1.29 is 18.1 Å². The number of pyridine rings is 1. The molecule has 3 rings (SSSR count). The molecular formula is C17H18F3N3O3. The summed E-state index contributed by atoms with van der Waals surface area (Å²) in [6, 6.07) is 1.32. The molecule has 0 bridgehead atoms. The summed E-state index contributed by atoms with van der Waals surface area (Å²) < 4.78 is 40.8. The van der Waals surface area contributed by atoms with Gasteiger partial charge in [0.25, 0.3) is 5.56 Å². The number of nitro groups is 1. The average Bonchev–Trinajstić information content (AvgIpc) is 2.44. The number of fused-ring (bicyclic) bond motifs is 2. The number of halogens is 3. The summed E-state index contributed by atoms with van der Waals surface area (Å²) in [5.41, 5.74) is -3.41. The highest BCUT2D eigenvalue weighted by Gasteiger charge is 2.40. The quantitative estimate of drug-likeness (QED) is 0.574. The van der Waals surface area contributed by atoms with Crippen LogP contribution in [0.2, 0.25) is 0 Å². The minimum atomic E-state index is -4.80. The minimum Gasteiger partial charge on any atom is -0.374 e. The molecular weight excluding hydrogens is 351 g/mol. The molecule has 1 aliphatic heterocycles. The molecule has 1 aliphatic rings. The lowest BCUT2D eigenvalue weighted by Gasteiger charge is -2.37. The van der Waals surface area contributed by atoms with Gasteiger partial charge in [0.1, 0.15) is 11.2 Å². The fourth-order valence-corrected chi connectivity index (χ4v) is 3.87. The number of nitro benzene ring substituents is 1. The minimum absolute atomic E-state index is 0.166. The highest BCUT2D eigenvalue weighted by molar-refractivity contribution is 5.98. The number of rotatable bonds is 1. The molecule has 0 aliphatic carbocycles. The Labute approximate surface area is 146 Å². The van der Waals surface area contributed by atoms with Gasteiger partial charge in [-0.2, -0.15) is 13.2 Å². The Balaban J connectivity index is 2.55. The molecule has 0 fully saturated rings. The number of nitrogens with one attached hydrogen (secondary N) is 2.